The Morgan fingerprint density at radius 1 is 1.53 bits per heavy atom. The fourth-order valence-electron chi connectivity index (χ4n) is 1.91. The third-order valence-corrected chi connectivity index (χ3v) is 4.68. The van der Waals surface area contributed by atoms with Crippen LogP contribution in [0.15, 0.2) is 4.52 Å². The first-order valence-corrected chi connectivity index (χ1v) is 6.80. The monoisotopic (exact) mass is 250 g/mol. The molecule has 0 aliphatic carbocycles. The molecule has 0 spiro atoms. The minimum absolute atomic E-state index is 0.0815. The van der Waals surface area contributed by atoms with E-state index in [-0.39, 0.29) is 28.5 Å². The van der Waals surface area contributed by atoms with E-state index in [0.29, 0.717) is 12.0 Å². The minimum atomic E-state index is -2.98. The summed E-state index contributed by atoms with van der Waals surface area (Å²) in [7, 11) is -2.98. The third-order valence-electron chi connectivity index (χ3n) is 2.58. The van der Waals surface area contributed by atoms with E-state index in [4.69, 9.17) is 21.9 Å². The molecule has 5 nitrogen and oxygen atoms in total. The van der Waals surface area contributed by atoms with Crippen LogP contribution in [0.4, 0.5) is 5.88 Å². The lowest BCUT2D eigenvalue weighted by atomic mass is 9.98. The average Bonchev–Trinajstić information content (AvgIpc) is 2.44. The van der Waals surface area contributed by atoms with E-state index in [9.17, 15) is 8.42 Å². The summed E-state index contributed by atoms with van der Waals surface area (Å²) in [5.41, 5.74) is 6.09. The third kappa shape index (κ3) is 2.10. The van der Waals surface area contributed by atoms with Gasteiger partial charge in [-0.05, 0) is 12.8 Å². The number of hydrogen-bond acceptors (Lipinski definition) is 5. The maximum atomic E-state index is 11.4. The molecule has 1 aromatic rings. The van der Waals surface area contributed by atoms with Gasteiger partial charge in [0.15, 0.2) is 15.0 Å². The van der Waals surface area contributed by atoms with Crippen molar-refractivity contribution in [2.24, 2.45) is 0 Å². The van der Waals surface area contributed by atoms with Crippen LogP contribution in [-0.2, 0) is 9.84 Å². The van der Waals surface area contributed by atoms with Gasteiger partial charge in [-0.15, -0.1) is 0 Å². The fourth-order valence-corrected chi connectivity index (χ4v) is 3.91. The molecule has 2 rings (SSSR count). The Morgan fingerprint density at radius 3 is 2.80 bits per heavy atom. The van der Waals surface area contributed by atoms with Crippen molar-refractivity contribution in [1.29, 1.82) is 0 Å². The van der Waals surface area contributed by atoms with Crippen molar-refractivity contribution in [3.05, 3.63) is 10.7 Å². The summed E-state index contributed by atoms with van der Waals surface area (Å²) in [4.78, 5) is 0. The van der Waals surface area contributed by atoms with E-state index in [1.54, 1.807) is 0 Å². The summed E-state index contributed by atoms with van der Waals surface area (Å²) >= 11 is 5.79. The Morgan fingerprint density at radius 2 is 2.27 bits per heavy atom. The number of sulfone groups is 1. The quantitative estimate of drug-likeness (QED) is 0.809. The molecule has 1 saturated heterocycles. The van der Waals surface area contributed by atoms with Crippen molar-refractivity contribution in [3.63, 3.8) is 0 Å². The number of anilines is 1. The highest BCUT2D eigenvalue weighted by Crippen LogP contribution is 2.36. The molecule has 1 atom stereocenters. The van der Waals surface area contributed by atoms with Crippen molar-refractivity contribution in [2.45, 2.75) is 18.8 Å². The molecule has 1 aliphatic heterocycles. The van der Waals surface area contributed by atoms with Crippen LogP contribution in [0.1, 0.15) is 24.3 Å². The van der Waals surface area contributed by atoms with Crippen LogP contribution in [0.2, 0.25) is 5.15 Å². The van der Waals surface area contributed by atoms with Crippen molar-refractivity contribution in [3.8, 4) is 0 Å². The van der Waals surface area contributed by atoms with Gasteiger partial charge in [-0.3, -0.25) is 0 Å². The molecular weight excluding hydrogens is 240 g/mol. The smallest absolute Gasteiger partial charge is 0.227 e. The number of nitrogens with zero attached hydrogens (tertiary/aromatic N) is 1. The van der Waals surface area contributed by atoms with Crippen LogP contribution in [0.3, 0.4) is 0 Å². The predicted molar refractivity (Wildman–Crippen MR) is 56.6 cm³/mol. The van der Waals surface area contributed by atoms with Gasteiger partial charge in [0.2, 0.25) is 5.88 Å². The topological polar surface area (TPSA) is 86.2 Å². The summed E-state index contributed by atoms with van der Waals surface area (Å²) in [6.07, 6.45) is 1.39. The molecular formula is C8H11ClN2O3S. The summed E-state index contributed by atoms with van der Waals surface area (Å²) < 4.78 is 27.6. The Labute approximate surface area is 92.5 Å². The normalized spacial score (nSPS) is 25.3. The van der Waals surface area contributed by atoms with Crippen LogP contribution in [0.5, 0.6) is 0 Å². The van der Waals surface area contributed by atoms with E-state index in [1.165, 1.54) is 0 Å². The largest absolute Gasteiger partial charge is 0.367 e. The standard InChI is InChI=1S/C8H11ClN2O3S/c9-7-6(8(10)14-11-7)5-2-1-3-15(12,13)4-5/h5H,1-4,10H2. The Kier molecular flexibility index (Phi) is 2.64. The van der Waals surface area contributed by atoms with Gasteiger partial charge in [-0.2, -0.15) is 0 Å². The Bertz CT molecular complexity index is 449. The van der Waals surface area contributed by atoms with Gasteiger partial charge in [-0.25, -0.2) is 8.42 Å². The van der Waals surface area contributed by atoms with E-state index in [0.717, 1.165) is 6.42 Å². The van der Waals surface area contributed by atoms with Gasteiger partial charge in [-0.1, -0.05) is 16.8 Å². The summed E-state index contributed by atoms with van der Waals surface area (Å²) in [6, 6.07) is 0. The number of halogens is 1. The summed E-state index contributed by atoms with van der Waals surface area (Å²) in [5, 5.41) is 3.69. The first-order chi connectivity index (χ1) is 6.99. The lowest BCUT2D eigenvalue weighted by Gasteiger charge is -2.20. The number of nitrogens with two attached hydrogens (primary N) is 1. The maximum Gasteiger partial charge on any atom is 0.227 e. The van der Waals surface area contributed by atoms with Gasteiger partial charge >= 0.3 is 0 Å². The van der Waals surface area contributed by atoms with Crippen LogP contribution in [-0.4, -0.2) is 25.1 Å². The van der Waals surface area contributed by atoms with Crippen LogP contribution in [0.25, 0.3) is 0 Å². The van der Waals surface area contributed by atoms with Gasteiger partial charge in [0.05, 0.1) is 17.1 Å². The molecule has 0 amide bonds. The number of hydrogen-bond donors (Lipinski definition) is 1. The minimum Gasteiger partial charge on any atom is -0.367 e. The molecule has 0 saturated carbocycles. The average molecular weight is 251 g/mol. The van der Waals surface area contributed by atoms with Crippen molar-refractivity contribution < 1.29 is 12.9 Å². The molecule has 0 aromatic carbocycles. The van der Waals surface area contributed by atoms with Crippen molar-refractivity contribution >= 4 is 27.3 Å². The second-order valence-electron chi connectivity index (χ2n) is 3.70. The molecule has 84 valence electrons. The molecule has 0 bridgehead atoms. The van der Waals surface area contributed by atoms with E-state index in [1.807, 2.05) is 0 Å². The number of nitrogen functional groups attached to an aromatic ring is 1. The molecule has 1 aromatic heterocycles. The second-order valence-corrected chi connectivity index (χ2v) is 6.29. The zero-order valence-electron chi connectivity index (χ0n) is 7.94. The molecule has 2 heterocycles. The van der Waals surface area contributed by atoms with Crippen LogP contribution < -0.4 is 5.73 Å². The maximum absolute atomic E-state index is 11.4. The first kappa shape index (κ1) is 10.8. The fraction of sp³-hybridized carbons (Fsp3) is 0.625. The highest BCUT2D eigenvalue weighted by Gasteiger charge is 2.30. The van der Waals surface area contributed by atoms with Crippen LogP contribution in [0, 0.1) is 0 Å². The summed E-state index contributed by atoms with van der Waals surface area (Å²) in [6.45, 7) is 0. The molecule has 1 fully saturated rings. The van der Waals surface area contributed by atoms with Gasteiger partial charge in [0.1, 0.15) is 0 Å². The Hall–Kier alpha value is -0.750. The molecule has 2 N–H and O–H groups in total. The first-order valence-electron chi connectivity index (χ1n) is 4.60. The lowest BCUT2D eigenvalue weighted by molar-refractivity contribution is 0.435. The highest BCUT2D eigenvalue weighted by atomic mass is 35.5. The van der Waals surface area contributed by atoms with Gasteiger partial charge < -0.3 is 10.3 Å². The number of rotatable bonds is 1. The van der Waals surface area contributed by atoms with Crippen LogP contribution >= 0.6 is 11.6 Å². The highest BCUT2D eigenvalue weighted by molar-refractivity contribution is 7.91. The Balaban J connectivity index is 2.32. The number of aromatic nitrogens is 1. The molecule has 15 heavy (non-hydrogen) atoms. The van der Waals surface area contributed by atoms with Gasteiger partial charge in [0, 0.05) is 5.92 Å². The molecule has 0 radical (unpaired) electrons. The second kappa shape index (κ2) is 3.68. The SMILES string of the molecule is Nc1onc(Cl)c1C1CCCS(=O)(=O)C1. The zero-order valence-corrected chi connectivity index (χ0v) is 9.51. The molecule has 1 aliphatic rings. The van der Waals surface area contributed by atoms with E-state index < -0.39 is 9.84 Å². The summed E-state index contributed by atoms with van der Waals surface area (Å²) in [5.74, 6) is 0.273. The van der Waals surface area contributed by atoms with E-state index >= 15 is 0 Å². The van der Waals surface area contributed by atoms with Crippen molar-refractivity contribution in [2.75, 3.05) is 17.2 Å². The van der Waals surface area contributed by atoms with Gasteiger partial charge in [0.25, 0.3) is 0 Å². The zero-order chi connectivity index (χ0) is 11.1. The predicted octanol–water partition coefficient (Wildman–Crippen LogP) is 1.20. The molecule has 1 unspecified atom stereocenters. The lowest BCUT2D eigenvalue weighted by Crippen LogP contribution is -2.24. The van der Waals surface area contributed by atoms with Crippen molar-refractivity contribution in [1.82, 2.24) is 5.16 Å². The molecule has 7 heteroatoms. The van der Waals surface area contributed by atoms with E-state index in [2.05, 4.69) is 5.16 Å².